The second-order valence-electron chi connectivity index (χ2n) is 14.6. The van der Waals surface area contributed by atoms with E-state index in [4.69, 9.17) is 37.8 Å². The SMILES string of the molecule is CON(OC1O[C@H](CO)[C@@H](O[C@@H]2O[C@H](CO)[C@@H](O[C@@H]3O[C@H](CO)[C@@H](O)[C@H](O)[C@H]3O)[C@H](O)[C@H]2O)[C@H](O)[C@H]1O)C(C)CC(c1ccccc1)c1c(O)c2ccccc2oc1=O. The molecule has 0 radical (unpaired) electrons. The molecule has 11 N–H and O–H groups in total. The minimum atomic E-state index is -2.00. The van der Waals surface area contributed by atoms with E-state index in [0.29, 0.717) is 10.9 Å². The summed E-state index contributed by atoms with van der Waals surface area (Å²) in [5.74, 6) is -1.04. The smallest absolute Gasteiger partial charge is 0.343 e. The van der Waals surface area contributed by atoms with Crippen LogP contribution in [0.3, 0.4) is 0 Å². The third-order valence-corrected chi connectivity index (χ3v) is 10.8. The zero-order valence-electron chi connectivity index (χ0n) is 31.9. The van der Waals surface area contributed by atoms with Crippen molar-refractivity contribution in [2.75, 3.05) is 26.9 Å². The summed E-state index contributed by atoms with van der Waals surface area (Å²) in [6, 6.07) is 14.6. The molecule has 0 spiro atoms. The van der Waals surface area contributed by atoms with Crippen LogP contribution in [-0.2, 0) is 33.4 Å². The van der Waals surface area contributed by atoms with E-state index in [1.54, 1.807) is 61.5 Å². The molecule has 0 bridgehead atoms. The Kier molecular flexibility index (Phi) is 15.1. The van der Waals surface area contributed by atoms with Crippen molar-refractivity contribution in [2.45, 2.75) is 117 Å². The van der Waals surface area contributed by atoms with Gasteiger partial charge in [0.2, 0.25) is 6.29 Å². The number of fused-ring (bicyclic) bond motifs is 1. The van der Waals surface area contributed by atoms with Crippen LogP contribution >= 0.6 is 0 Å². The Balaban J connectivity index is 1.14. The van der Waals surface area contributed by atoms with Crippen LogP contribution in [0.1, 0.15) is 30.4 Å². The fraction of sp³-hybridized carbons (Fsp3) is 0.605. The predicted molar refractivity (Wildman–Crippen MR) is 195 cm³/mol. The first-order valence-electron chi connectivity index (χ1n) is 18.9. The molecular weight excluding hydrogens is 790 g/mol. The number of nitrogens with zero attached hydrogens (tertiary/aromatic N) is 1. The number of rotatable bonds is 15. The van der Waals surface area contributed by atoms with Gasteiger partial charge in [0.05, 0.1) is 43.9 Å². The number of hydrogen-bond acceptors (Lipinski definition) is 21. The summed E-state index contributed by atoms with van der Waals surface area (Å²) in [6.07, 6.45) is -26.2. The van der Waals surface area contributed by atoms with Crippen molar-refractivity contribution < 1.29 is 93.9 Å². The maximum Gasteiger partial charge on any atom is 0.343 e. The maximum absolute atomic E-state index is 13.3. The van der Waals surface area contributed by atoms with Crippen LogP contribution in [0, 0.1) is 0 Å². The Morgan fingerprint density at radius 3 is 1.75 bits per heavy atom. The number of aliphatic hydroxyl groups is 10. The molecule has 21 heteroatoms. The van der Waals surface area contributed by atoms with E-state index < -0.39 is 130 Å². The average molecular weight is 842 g/mol. The van der Waals surface area contributed by atoms with Crippen molar-refractivity contribution in [1.82, 2.24) is 5.23 Å². The Bertz CT molecular complexity index is 1850. The van der Waals surface area contributed by atoms with E-state index in [0.717, 1.165) is 5.23 Å². The van der Waals surface area contributed by atoms with Gasteiger partial charge in [-0.3, -0.25) is 4.84 Å². The van der Waals surface area contributed by atoms with Crippen LogP contribution < -0.4 is 5.63 Å². The number of ether oxygens (including phenoxy) is 5. The predicted octanol–water partition coefficient (Wildman–Crippen LogP) is -3.35. The topological polar surface area (TPSA) is 321 Å². The molecule has 3 fully saturated rings. The Morgan fingerprint density at radius 2 is 1.17 bits per heavy atom. The van der Waals surface area contributed by atoms with E-state index in [-0.39, 0.29) is 23.3 Å². The Morgan fingerprint density at radius 1 is 0.661 bits per heavy atom. The second-order valence-corrected chi connectivity index (χ2v) is 14.6. The zero-order chi connectivity index (χ0) is 42.7. The lowest BCUT2D eigenvalue weighted by atomic mass is 9.86. The summed E-state index contributed by atoms with van der Waals surface area (Å²) in [4.78, 5) is 24.7. The van der Waals surface area contributed by atoms with Gasteiger partial charge in [0, 0.05) is 5.92 Å². The molecule has 328 valence electrons. The summed E-state index contributed by atoms with van der Waals surface area (Å²) < 4.78 is 33.6. The molecule has 17 atom stereocenters. The fourth-order valence-corrected chi connectivity index (χ4v) is 7.55. The van der Waals surface area contributed by atoms with Crippen LogP contribution in [0.5, 0.6) is 5.75 Å². The molecule has 59 heavy (non-hydrogen) atoms. The van der Waals surface area contributed by atoms with E-state index in [2.05, 4.69) is 0 Å². The summed E-state index contributed by atoms with van der Waals surface area (Å²) in [7, 11) is 1.25. The normalized spacial score (nSPS) is 36.5. The highest BCUT2D eigenvalue weighted by atomic mass is 17.0. The Hall–Kier alpha value is -3.27. The van der Waals surface area contributed by atoms with Gasteiger partial charge in [-0.1, -0.05) is 47.7 Å². The first kappa shape index (κ1) is 45.3. The highest BCUT2D eigenvalue weighted by molar-refractivity contribution is 5.84. The van der Waals surface area contributed by atoms with Crippen LogP contribution in [-0.4, -0.2) is 186 Å². The van der Waals surface area contributed by atoms with E-state index in [9.17, 15) is 61.0 Å². The lowest BCUT2D eigenvalue weighted by molar-refractivity contribution is -0.458. The summed E-state index contributed by atoms with van der Waals surface area (Å²) in [5, 5.41) is 118. The molecule has 6 rings (SSSR count). The highest BCUT2D eigenvalue weighted by Gasteiger charge is 2.54. The lowest BCUT2D eigenvalue weighted by Gasteiger charge is -2.48. The van der Waals surface area contributed by atoms with Gasteiger partial charge in [0.1, 0.15) is 84.6 Å². The zero-order valence-corrected chi connectivity index (χ0v) is 31.9. The number of benzene rings is 2. The van der Waals surface area contributed by atoms with Crippen molar-refractivity contribution >= 4 is 11.0 Å². The molecular formula is C38H51NO20. The van der Waals surface area contributed by atoms with Gasteiger partial charge in [-0.25, -0.2) is 9.63 Å². The van der Waals surface area contributed by atoms with Crippen molar-refractivity contribution in [3.8, 4) is 5.75 Å². The lowest BCUT2D eigenvalue weighted by Crippen LogP contribution is -2.66. The second kappa shape index (κ2) is 19.6. The molecule has 0 aliphatic carbocycles. The minimum absolute atomic E-state index is 0.0186. The molecule has 21 nitrogen and oxygen atoms in total. The van der Waals surface area contributed by atoms with Crippen LogP contribution in [0.15, 0.2) is 63.8 Å². The summed E-state index contributed by atoms with van der Waals surface area (Å²) in [6.45, 7) is -0.846. The van der Waals surface area contributed by atoms with E-state index >= 15 is 0 Å². The minimum Gasteiger partial charge on any atom is -0.507 e. The van der Waals surface area contributed by atoms with Crippen LogP contribution in [0.4, 0.5) is 0 Å². The number of para-hydroxylation sites is 1. The first-order chi connectivity index (χ1) is 28.2. The molecule has 0 saturated carbocycles. The van der Waals surface area contributed by atoms with Crippen molar-refractivity contribution in [2.24, 2.45) is 0 Å². The van der Waals surface area contributed by atoms with Crippen LogP contribution in [0.2, 0.25) is 0 Å². The molecule has 3 aromatic rings. The number of hydrogen-bond donors (Lipinski definition) is 11. The van der Waals surface area contributed by atoms with Crippen molar-refractivity contribution in [3.63, 3.8) is 0 Å². The highest BCUT2D eigenvalue weighted by Crippen LogP contribution is 2.38. The molecule has 3 aliphatic rings. The van der Waals surface area contributed by atoms with Crippen molar-refractivity contribution in [1.29, 1.82) is 0 Å². The van der Waals surface area contributed by atoms with Gasteiger partial charge in [-0.2, -0.15) is 0 Å². The molecule has 3 unspecified atom stereocenters. The number of hydroxylamine groups is 2. The number of aliphatic hydroxyl groups excluding tert-OH is 10. The monoisotopic (exact) mass is 841 g/mol. The van der Waals surface area contributed by atoms with E-state index in [1.807, 2.05) is 0 Å². The average Bonchev–Trinajstić information content (AvgIpc) is 3.24. The molecule has 2 aromatic carbocycles. The molecule has 3 saturated heterocycles. The van der Waals surface area contributed by atoms with Gasteiger partial charge in [0.25, 0.3) is 0 Å². The molecule has 4 heterocycles. The van der Waals surface area contributed by atoms with Gasteiger partial charge in [0.15, 0.2) is 12.6 Å². The molecule has 0 amide bonds. The van der Waals surface area contributed by atoms with E-state index in [1.165, 1.54) is 7.11 Å². The quantitative estimate of drug-likeness (QED) is 0.0526. The van der Waals surface area contributed by atoms with Gasteiger partial charge >= 0.3 is 5.63 Å². The third-order valence-electron chi connectivity index (χ3n) is 10.8. The maximum atomic E-state index is 13.3. The largest absolute Gasteiger partial charge is 0.507 e. The van der Waals surface area contributed by atoms with Gasteiger partial charge < -0.3 is 84.3 Å². The standard InChI is InChI=1S/C38H51NO20/c1-16(12-19(17-8-4-3-5-9-17)24-25(43)18-10-6-7-11-20(18)53-35(24)51)39(52-2)59-38-32(50)29(47)34(23(15-42)56-38)58-37-31(49)28(46)33(22(14-41)55-37)57-36-30(48)27(45)26(44)21(13-40)54-36/h3-11,16,19,21-23,26-34,36-38,40-50H,12-15H2,1-2H3/t16?,19?,21-,22-,23-,26-,27+,28-,29-,30-,31-,32-,33-,34-,36+,37+,38?/m1/s1. The van der Waals surface area contributed by atoms with Gasteiger partial charge in [-0.15, -0.1) is 0 Å². The van der Waals surface area contributed by atoms with Crippen LogP contribution in [0.25, 0.3) is 11.0 Å². The Labute approximate surface area is 336 Å². The van der Waals surface area contributed by atoms with Crippen molar-refractivity contribution in [3.05, 3.63) is 76.1 Å². The molecule has 1 aromatic heterocycles. The first-order valence-corrected chi connectivity index (χ1v) is 18.9. The summed E-state index contributed by atoms with van der Waals surface area (Å²) >= 11 is 0. The third kappa shape index (κ3) is 9.33. The molecule has 3 aliphatic heterocycles. The van der Waals surface area contributed by atoms with Gasteiger partial charge in [-0.05, 0) is 31.0 Å². The fourth-order valence-electron chi connectivity index (χ4n) is 7.55. The number of aromatic hydroxyl groups is 1. The summed E-state index contributed by atoms with van der Waals surface area (Å²) in [5.41, 5.74) is 0.0578.